The summed E-state index contributed by atoms with van der Waals surface area (Å²) in [6.45, 7) is 5.17. The Kier molecular flexibility index (Phi) is 5.96. The first-order chi connectivity index (χ1) is 7.72. The largest absolute Gasteiger partial charge is 0.393 e. The van der Waals surface area contributed by atoms with Crippen molar-refractivity contribution < 1.29 is 0 Å². The molecule has 88 valence electrons. The summed E-state index contributed by atoms with van der Waals surface area (Å²) in [6.07, 6.45) is 5.55. The van der Waals surface area contributed by atoms with Crippen LogP contribution in [0.2, 0.25) is 0 Å². The highest BCUT2D eigenvalue weighted by Crippen LogP contribution is 2.00. The van der Waals surface area contributed by atoms with Crippen LogP contribution in [0.25, 0.3) is 0 Å². The van der Waals surface area contributed by atoms with Crippen molar-refractivity contribution in [2.45, 2.75) is 19.8 Å². The maximum atomic E-state index is 5.50. The van der Waals surface area contributed by atoms with Gasteiger partial charge in [-0.05, 0) is 24.6 Å². The fourth-order valence-electron chi connectivity index (χ4n) is 1.53. The number of hydrogen-bond donors (Lipinski definition) is 1. The van der Waals surface area contributed by atoms with Crippen LogP contribution in [0.1, 0.15) is 18.9 Å². The minimum atomic E-state index is 0.597. The quantitative estimate of drug-likeness (QED) is 0.732. The van der Waals surface area contributed by atoms with E-state index < -0.39 is 0 Å². The van der Waals surface area contributed by atoms with Crippen molar-refractivity contribution in [1.82, 2.24) is 9.88 Å². The van der Waals surface area contributed by atoms with Gasteiger partial charge in [0, 0.05) is 31.9 Å². The van der Waals surface area contributed by atoms with Gasteiger partial charge in [-0.2, -0.15) is 0 Å². The summed E-state index contributed by atoms with van der Waals surface area (Å²) in [5.74, 6) is 0. The summed E-state index contributed by atoms with van der Waals surface area (Å²) >= 11 is 4.88. The van der Waals surface area contributed by atoms with Crippen LogP contribution in [0.4, 0.5) is 0 Å². The van der Waals surface area contributed by atoms with Crippen molar-refractivity contribution in [2.24, 2.45) is 5.73 Å². The average Bonchev–Trinajstić information content (AvgIpc) is 2.30. The second-order valence-corrected chi connectivity index (χ2v) is 4.29. The molecule has 0 bridgehead atoms. The Morgan fingerprint density at radius 1 is 1.50 bits per heavy atom. The van der Waals surface area contributed by atoms with E-state index in [-0.39, 0.29) is 0 Å². The molecule has 1 aromatic heterocycles. The van der Waals surface area contributed by atoms with Gasteiger partial charge in [0.05, 0.1) is 4.99 Å². The van der Waals surface area contributed by atoms with Crippen molar-refractivity contribution in [3.05, 3.63) is 30.1 Å². The zero-order chi connectivity index (χ0) is 11.8. The number of hydrogen-bond acceptors (Lipinski definition) is 3. The van der Waals surface area contributed by atoms with Crippen LogP contribution < -0.4 is 5.73 Å². The molecule has 0 radical (unpaired) electrons. The Balaban J connectivity index is 2.31. The van der Waals surface area contributed by atoms with E-state index in [0.29, 0.717) is 4.99 Å². The van der Waals surface area contributed by atoms with Gasteiger partial charge >= 0.3 is 0 Å². The van der Waals surface area contributed by atoms with E-state index in [0.717, 1.165) is 32.5 Å². The van der Waals surface area contributed by atoms with Gasteiger partial charge in [0.15, 0.2) is 0 Å². The molecule has 16 heavy (non-hydrogen) atoms. The molecular weight excluding hydrogens is 218 g/mol. The van der Waals surface area contributed by atoms with E-state index in [1.54, 1.807) is 6.20 Å². The zero-order valence-electron chi connectivity index (χ0n) is 9.72. The summed E-state index contributed by atoms with van der Waals surface area (Å²) in [5.41, 5.74) is 6.77. The lowest BCUT2D eigenvalue weighted by molar-refractivity contribution is 0.300. The zero-order valence-corrected chi connectivity index (χ0v) is 10.5. The van der Waals surface area contributed by atoms with E-state index >= 15 is 0 Å². The first-order valence-electron chi connectivity index (χ1n) is 5.62. The van der Waals surface area contributed by atoms with Gasteiger partial charge in [-0.15, -0.1) is 0 Å². The van der Waals surface area contributed by atoms with Gasteiger partial charge in [0.2, 0.25) is 0 Å². The Morgan fingerprint density at radius 3 is 2.88 bits per heavy atom. The molecule has 0 unspecified atom stereocenters. The second-order valence-electron chi connectivity index (χ2n) is 3.76. The molecule has 0 saturated heterocycles. The fraction of sp³-hybridized carbons (Fsp3) is 0.500. The van der Waals surface area contributed by atoms with Crippen LogP contribution >= 0.6 is 12.2 Å². The van der Waals surface area contributed by atoms with Gasteiger partial charge in [-0.25, -0.2) is 0 Å². The Bertz CT molecular complexity index is 313. The molecule has 0 atom stereocenters. The second kappa shape index (κ2) is 7.30. The number of nitrogens with two attached hydrogens (primary N) is 1. The Labute approximate surface area is 103 Å². The van der Waals surface area contributed by atoms with Crippen LogP contribution in [0, 0.1) is 0 Å². The number of likely N-dealkylation sites (N-methyl/N-ethyl adjacent to an activating group) is 1. The first-order valence-corrected chi connectivity index (χ1v) is 6.02. The molecule has 1 heterocycles. The molecule has 4 heteroatoms. The normalized spacial score (nSPS) is 10.6. The average molecular weight is 237 g/mol. The van der Waals surface area contributed by atoms with Crippen LogP contribution in [0.15, 0.2) is 24.5 Å². The molecule has 0 aliphatic rings. The molecule has 0 aliphatic carbocycles. The number of thiocarbonyl (C=S) groups is 1. The monoisotopic (exact) mass is 237 g/mol. The van der Waals surface area contributed by atoms with Crippen molar-refractivity contribution in [3.8, 4) is 0 Å². The van der Waals surface area contributed by atoms with E-state index in [1.807, 2.05) is 12.3 Å². The molecule has 0 amide bonds. The molecule has 0 saturated carbocycles. The van der Waals surface area contributed by atoms with Gasteiger partial charge in [-0.3, -0.25) is 4.98 Å². The van der Waals surface area contributed by atoms with Crippen molar-refractivity contribution >= 4 is 17.2 Å². The fourth-order valence-corrected chi connectivity index (χ4v) is 1.62. The minimum Gasteiger partial charge on any atom is -0.393 e. The summed E-state index contributed by atoms with van der Waals surface area (Å²) in [5, 5.41) is 0. The lowest BCUT2D eigenvalue weighted by atomic mass is 10.2. The predicted octanol–water partition coefficient (Wildman–Crippen LogP) is 1.62. The van der Waals surface area contributed by atoms with Gasteiger partial charge in [0.1, 0.15) is 0 Å². The number of pyridine rings is 1. The highest BCUT2D eigenvalue weighted by atomic mass is 32.1. The van der Waals surface area contributed by atoms with E-state index in [4.69, 9.17) is 18.0 Å². The van der Waals surface area contributed by atoms with Crippen LogP contribution in [-0.4, -0.2) is 34.5 Å². The van der Waals surface area contributed by atoms with Crippen LogP contribution in [0.3, 0.4) is 0 Å². The summed E-state index contributed by atoms with van der Waals surface area (Å²) < 4.78 is 0. The summed E-state index contributed by atoms with van der Waals surface area (Å²) in [7, 11) is 0. The summed E-state index contributed by atoms with van der Waals surface area (Å²) in [4.78, 5) is 7.05. The molecule has 2 N–H and O–H groups in total. The van der Waals surface area contributed by atoms with Crippen LogP contribution in [0.5, 0.6) is 0 Å². The van der Waals surface area contributed by atoms with E-state index in [9.17, 15) is 0 Å². The molecule has 0 spiro atoms. The number of aromatic nitrogens is 1. The van der Waals surface area contributed by atoms with E-state index in [2.05, 4.69) is 22.9 Å². The highest BCUT2D eigenvalue weighted by Gasteiger charge is 2.03. The molecule has 0 fully saturated rings. The molecular formula is C12H19N3S. The van der Waals surface area contributed by atoms with Gasteiger partial charge in [-0.1, -0.05) is 25.2 Å². The third-order valence-corrected chi connectivity index (χ3v) is 2.77. The minimum absolute atomic E-state index is 0.597. The Hall–Kier alpha value is -1.00. The molecule has 3 nitrogen and oxygen atoms in total. The molecule has 1 aromatic rings. The standard InChI is InChI=1S/C12H19N3S/c1-2-15(9-6-12(13)16)8-5-11-4-3-7-14-10-11/h3-4,7,10H,2,5-6,8-9H2,1H3,(H2,13,16). The highest BCUT2D eigenvalue weighted by molar-refractivity contribution is 7.80. The van der Waals surface area contributed by atoms with Gasteiger partial charge < -0.3 is 10.6 Å². The summed E-state index contributed by atoms with van der Waals surface area (Å²) in [6, 6.07) is 4.08. The van der Waals surface area contributed by atoms with Crippen molar-refractivity contribution in [3.63, 3.8) is 0 Å². The molecule has 0 aliphatic heterocycles. The maximum Gasteiger partial charge on any atom is 0.0740 e. The van der Waals surface area contributed by atoms with E-state index in [1.165, 1.54) is 5.56 Å². The topological polar surface area (TPSA) is 42.1 Å². The van der Waals surface area contributed by atoms with Gasteiger partial charge in [0.25, 0.3) is 0 Å². The third kappa shape index (κ3) is 5.19. The van der Waals surface area contributed by atoms with Crippen LogP contribution in [-0.2, 0) is 6.42 Å². The third-order valence-electron chi connectivity index (χ3n) is 2.56. The lowest BCUT2D eigenvalue weighted by Gasteiger charge is -2.19. The maximum absolute atomic E-state index is 5.50. The number of nitrogens with zero attached hydrogens (tertiary/aromatic N) is 2. The predicted molar refractivity (Wildman–Crippen MR) is 71.5 cm³/mol. The number of rotatable bonds is 7. The lowest BCUT2D eigenvalue weighted by Crippen LogP contribution is -2.29. The molecule has 1 rings (SSSR count). The van der Waals surface area contributed by atoms with Crippen molar-refractivity contribution in [2.75, 3.05) is 19.6 Å². The smallest absolute Gasteiger partial charge is 0.0740 e. The first kappa shape index (κ1) is 13.1. The molecule has 0 aromatic carbocycles. The van der Waals surface area contributed by atoms with Crippen molar-refractivity contribution in [1.29, 1.82) is 0 Å². The Morgan fingerprint density at radius 2 is 2.31 bits per heavy atom. The SMILES string of the molecule is CCN(CCC(N)=S)CCc1cccnc1.